The van der Waals surface area contributed by atoms with Crippen LogP contribution >= 0.6 is 0 Å². The van der Waals surface area contributed by atoms with Crippen molar-refractivity contribution in [2.24, 2.45) is 0 Å². The predicted octanol–water partition coefficient (Wildman–Crippen LogP) is 2.28. The zero-order valence-corrected chi connectivity index (χ0v) is 9.19. The van der Waals surface area contributed by atoms with Gasteiger partial charge in [0, 0.05) is 5.69 Å². The average molecular weight is 207 g/mol. The Kier molecular flexibility index (Phi) is 3.11. The summed E-state index contributed by atoms with van der Waals surface area (Å²) in [6.45, 7) is 5.67. The number of hydrogen-bond acceptors (Lipinski definition) is 3. The van der Waals surface area contributed by atoms with Crippen LogP contribution in [0, 0.1) is 0 Å². The van der Waals surface area contributed by atoms with Crippen LogP contribution in [0.2, 0.25) is 0 Å². The van der Waals surface area contributed by atoms with Crippen LogP contribution in [-0.2, 0) is 4.74 Å². The molecule has 3 nitrogen and oxygen atoms in total. The van der Waals surface area contributed by atoms with Crippen molar-refractivity contribution in [3.63, 3.8) is 0 Å². The van der Waals surface area contributed by atoms with Crippen LogP contribution in [0.25, 0.3) is 0 Å². The molecule has 0 radical (unpaired) electrons. The van der Waals surface area contributed by atoms with E-state index in [1.54, 1.807) is 0 Å². The molecule has 1 heterocycles. The maximum atomic E-state index is 5.56. The van der Waals surface area contributed by atoms with Crippen molar-refractivity contribution in [2.45, 2.75) is 26.0 Å². The van der Waals surface area contributed by atoms with Gasteiger partial charge in [0.05, 0.1) is 25.4 Å². The normalized spacial score (nSPS) is 16.2. The van der Waals surface area contributed by atoms with Gasteiger partial charge in [0.2, 0.25) is 0 Å². The number of benzene rings is 1. The van der Waals surface area contributed by atoms with E-state index in [0.29, 0.717) is 6.04 Å². The van der Waals surface area contributed by atoms with E-state index in [-0.39, 0.29) is 6.10 Å². The molecule has 0 aliphatic carbocycles. The Morgan fingerprint density at radius 1 is 1.27 bits per heavy atom. The molecule has 0 aromatic heterocycles. The van der Waals surface area contributed by atoms with Crippen LogP contribution in [0.5, 0.6) is 5.75 Å². The maximum absolute atomic E-state index is 5.56. The highest BCUT2D eigenvalue weighted by atomic mass is 16.5. The quantitative estimate of drug-likeness (QED) is 0.821. The molecule has 0 amide bonds. The van der Waals surface area contributed by atoms with E-state index < -0.39 is 0 Å². The van der Waals surface area contributed by atoms with Crippen LogP contribution in [0.1, 0.15) is 13.8 Å². The number of anilines is 1. The molecule has 15 heavy (non-hydrogen) atoms. The van der Waals surface area contributed by atoms with Crippen molar-refractivity contribution in [3.8, 4) is 5.75 Å². The van der Waals surface area contributed by atoms with E-state index in [2.05, 4.69) is 5.32 Å². The van der Waals surface area contributed by atoms with Gasteiger partial charge in [-0.3, -0.25) is 0 Å². The summed E-state index contributed by atoms with van der Waals surface area (Å²) in [7, 11) is 0. The molecule has 1 saturated heterocycles. The van der Waals surface area contributed by atoms with E-state index >= 15 is 0 Å². The Bertz CT molecular complexity index is 304. The molecule has 1 N–H and O–H groups in total. The summed E-state index contributed by atoms with van der Waals surface area (Å²) in [6, 6.07) is 8.53. The molecule has 0 bridgehead atoms. The Hall–Kier alpha value is -1.22. The number of rotatable bonds is 4. The molecule has 82 valence electrons. The lowest BCUT2D eigenvalue weighted by Gasteiger charge is -2.27. The maximum Gasteiger partial charge on any atom is 0.119 e. The third-order valence-electron chi connectivity index (χ3n) is 2.23. The van der Waals surface area contributed by atoms with Gasteiger partial charge >= 0.3 is 0 Å². The smallest absolute Gasteiger partial charge is 0.119 e. The second-order valence-corrected chi connectivity index (χ2v) is 4.07. The SMILES string of the molecule is CC(C)Oc1ccc(NC2COC2)cc1. The standard InChI is InChI=1S/C12H17NO2/c1-9(2)15-12-5-3-10(4-6-12)13-11-7-14-8-11/h3-6,9,11,13H,7-8H2,1-2H3. The van der Waals surface area contributed by atoms with Crippen molar-refractivity contribution in [3.05, 3.63) is 24.3 Å². The first kappa shape index (κ1) is 10.3. The summed E-state index contributed by atoms with van der Waals surface area (Å²) in [5.41, 5.74) is 1.12. The van der Waals surface area contributed by atoms with Gasteiger partial charge in [0.25, 0.3) is 0 Å². The molecule has 1 aromatic rings. The van der Waals surface area contributed by atoms with Gasteiger partial charge in [-0.05, 0) is 38.1 Å². The summed E-state index contributed by atoms with van der Waals surface area (Å²) in [4.78, 5) is 0. The van der Waals surface area contributed by atoms with Gasteiger partial charge in [-0.15, -0.1) is 0 Å². The second-order valence-electron chi connectivity index (χ2n) is 4.07. The largest absolute Gasteiger partial charge is 0.491 e. The predicted molar refractivity (Wildman–Crippen MR) is 60.4 cm³/mol. The van der Waals surface area contributed by atoms with E-state index in [0.717, 1.165) is 24.7 Å². The molecular weight excluding hydrogens is 190 g/mol. The highest BCUT2D eigenvalue weighted by molar-refractivity contribution is 5.47. The van der Waals surface area contributed by atoms with Gasteiger partial charge in [-0.1, -0.05) is 0 Å². The van der Waals surface area contributed by atoms with Crippen molar-refractivity contribution in [1.82, 2.24) is 0 Å². The zero-order valence-electron chi connectivity index (χ0n) is 9.19. The molecule has 3 heteroatoms. The van der Waals surface area contributed by atoms with Crippen molar-refractivity contribution >= 4 is 5.69 Å². The van der Waals surface area contributed by atoms with Crippen LogP contribution < -0.4 is 10.1 Å². The highest BCUT2D eigenvalue weighted by Gasteiger charge is 2.17. The summed E-state index contributed by atoms with van der Waals surface area (Å²) in [5, 5.41) is 3.38. The van der Waals surface area contributed by atoms with Gasteiger partial charge in [-0.2, -0.15) is 0 Å². The van der Waals surface area contributed by atoms with Crippen molar-refractivity contribution < 1.29 is 9.47 Å². The lowest BCUT2D eigenvalue weighted by molar-refractivity contribution is 0.0211. The molecule has 0 unspecified atom stereocenters. The first-order valence-corrected chi connectivity index (χ1v) is 5.35. The van der Waals surface area contributed by atoms with E-state index in [1.807, 2.05) is 38.1 Å². The zero-order chi connectivity index (χ0) is 10.7. The lowest BCUT2D eigenvalue weighted by Crippen LogP contribution is -2.40. The fourth-order valence-electron chi connectivity index (χ4n) is 1.46. The molecule has 0 atom stereocenters. The average Bonchev–Trinajstić information content (AvgIpc) is 2.13. The minimum Gasteiger partial charge on any atom is -0.491 e. The summed E-state index contributed by atoms with van der Waals surface area (Å²) in [6.07, 6.45) is 0.226. The van der Waals surface area contributed by atoms with E-state index in [9.17, 15) is 0 Å². The lowest BCUT2D eigenvalue weighted by atomic mass is 10.2. The second kappa shape index (κ2) is 4.53. The van der Waals surface area contributed by atoms with Crippen LogP contribution in [0.4, 0.5) is 5.69 Å². The molecule has 1 aliphatic heterocycles. The first-order valence-electron chi connectivity index (χ1n) is 5.35. The van der Waals surface area contributed by atoms with Crippen molar-refractivity contribution in [1.29, 1.82) is 0 Å². The highest BCUT2D eigenvalue weighted by Crippen LogP contribution is 2.18. The van der Waals surface area contributed by atoms with E-state index in [4.69, 9.17) is 9.47 Å². The third-order valence-corrected chi connectivity index (χ3v) is 2.23. The number of nitrogens with one attached hydrogen (secondary N) is 1. The third kappa shape index (κ3) is 2.86. The Labute approximate surface area is 90.4 Å². The van der Waals surface area contributed by atoms with Gasteiger partial charge in [-0.25, -0.2) is 0 Å². The first-order chi connectivity index (χ1) is 7.24. The molecule has 1 fully saturated rings. The monoisotopic (exact) mass is 207 g/mol. The van der Waals surface area contributed by atoms with Gasteiger partial charge < -0.3 is 14.8 Å². The van der Waals surface area contributed by atoms with Gasteiger partial charge in [0.1, 0.15) is 5.75 Å². The van der Waals surface area contributed by atoms with Crippen LogP contribution in [0.3, 0.4) is 0 Å². The minimum absolute atomic E-state index is 0.226. The summed E-state index contributed by atoms with van der Waals surface area (Å²) >= 11 is 0. The Balaban J connectivity index is 1.91. The van der Waals surface area contributed by atoms with Crippen LogP contribution in [-0.4, -0.2) is 25.4 Å². The molecular formula is C12H17NO2. The van der Waals surface area contributed by atoms with Crippen LogP contribution in [0.15, 0.2) is 24.3 Å². The Morgan fingerprint density at radius 2 is 1.93 bits per heavy atom. The molecule has 1 aliphatic rings. The topological polar surface area (TPSA) is 30.5 Å². The fraction of sp³-hybridized carbons (Fsp3) is 0.500. The fourth-order valence-corrected chi connectivity index (χ4v) is 1.46. The molecule has 2 rings (SSSR count). The summed E-state index contributed by atoms with van der Waals surface area (Å²) in [5.74, 6) is 0.917. The molecule has 0 spiro atoms. The van der Waals surface area contributed by atoms with E-state index in [1.165, 1.54) is 0 Å². The molecule has 0 saturated carbocycles. The van der Waals surface area contributed by atoms with Gasteiger partial charge in [0.15, 0.2) is 0 Å². The number of hydrogen-bond donors (Lipinski definition) is 1. The minimum atomic E-state index is 0.226. The molecule has 1 aromatic carbocycles. The van der Waals surface area contributed by atoms with Crippen molar-refractivity contribution in [2.75, 3.05) is 18.5 Å². The number of ether oxygens (including phenoxy) is 2. The Morgan fingerprint density at radius 3 is 2.40 bits per heavy atom. The summed E-state index contributed by atoms with van der Waals surface area (Å²) < 4.78 is 10.7.